The highest BCUT2D eigenvalue weighted by Crippen LogP contribution is 2.34. The fraction of sp³-hybridized carbons (Fsp3) is 0.222. The number of pyridine rings is 1. The van der Waals surface area contributed by atoms with Crippen LogP contribution in [0.1, 0.15) is 34.2 Å². The lowest BCUT2D eigenvalue weighted by atomic mass is 10.1. The van der Waals surface area contributed by atoms with E-state index in [0.29, 0.717) is 60.2 Å². The van der Waals surface area contributed by atoms with Crippen LogP contribution in [0.3, 0.4) is 0 Å². The van der Waals surface area contributed by atoms with Gasteiger partial charge in [0.1, 0.15) is 29.6 Å². The lowest BCUT2D eigenvalue weighted by molar-refractivity contribution is 0.0526. The summed E-state index contributed by atoms with van der Waals surface area (Å²) in [7, 11) is 0. The maximum atomic E-state index is 13.4. The van der Waals surface area contributed by atoms with Gasteiger partial charge in [0.15, 0.2) is 0 Å². The van der Waals surface area contributed by atoms with E-state index in [0.717, 1.165) is 11.1 Å². The van der Waals surface area contributed by atoms with Gasteiger partial charge in [0.05, 0.1) is 23.1 Å². The summed E-state index contributed by atoms with van der Waals surface area (Å²) in [5.74, 6) is 1.16. The topological polar surface area (TPSA) is 91.1 Å². The van der Waals surface area contributed by atoms with Crippen LogP contribution in [0.15, 0.2) is 70.1 Å². The van der Waals surface area contributed by atoms with Gasteiger partial charge in [-0.1, -0.05) is 6.07 Å². The third-order valence-electron chi connectivity index (χ3n) is 5.74. The van der Waals surface area contributed by atoms with Crippen LogP contribution in [0.4, 0.5) is 0 Å². The molecule has 0 fully saturated rings. The molecule has 3 heterocycles. The molecule has 0 aliphatic carbocycles. The van der Waals surface area contributed by atoms with E-state index in [4.69, 9.17) is 18.6 Å². The predicted molar refractivity (Wildman–Crippen MR) is 129 cm³/mol. The number of hydrogen-bond donors (Lipinski definition) is 0. The van der Waals surface area contributed by atoms with Gasteiger partial charge in [0.2, 0.25) is 11.2 Å². The van der Waals surface area contributed by atoms with Gasteiger partial charge >= 0.3 is 5.97 Å². The first kappa shape index (κ1) is 22.6. The van der Waals surface area contributed by atoms with Gasteiger partial charge < -0.3 is 18.6 Å². The lowest BCUT2D eigenvalue weighted by Gasteiger charge is -2.29. The van der Waals surface area contributed by atoms with Crippen LogP contribution in [0.2, 0.25) is 0 Å². The van der Waals surface area contributed by atoms with Crippen molar-refractivity contribution in [3.63, 3.8) is 0 Å². The Kier molecular flexibility index (Phi) is 6.20. The molecule has 0 atom stereocenters. The van der Waals surface area contributed by atoms with E-state index >= 15 is 0 Å². The van der Waals surface area contributed by atoms with Gasteiger partial charge in [-0.3, -0.25) is 14.7 Å². The summed E-state index contributed by atoms with van der Waals surface area (Å²) in [6.45, 7) is 5.40. The third-order valence-corrected chi connectivity index (χ3v) is 5.74. The molecular weight excluding hydrogens is 448 g/mol. The number of ether oxygens (including phenoxy) is 3. The number of carbonyl (C=O) groups excluding carboxylic acids is 1. The van der Waals surface area contributed by atoms with E-state index in [1.807, 2.05) is 18.3 Å². The minimum Gasteiger partial charge on any atom is -0.478 e. The van der Waals surface area contributed by atoms with E-state index in [9.17, 15) is 9.59 Å². The van der Waals surface area contributed by atoms with Crippen LogP contribution >= 0.6 is 0 Å². The number of esters is 1. The molecule has 0 spiro atoms. The predicted octanol–water partition coefficient (Wildman–Crippen LogP) is 4.82. The van der Waals surface area contributed by atoms with Crippen molar-refractivity contribution in [2.75, 3.05) is 13.3 Å². The van der Waals surface area contributed by atoms with Crippen molar-refractivity contribution < 1.29 is 23.4 Å². The fourth-order valence-corrected chi connectivity index (χ4v) is 4.06. The molecule has 1 aliphatic heterocycles. The van der Waals surface area contributed by atoms with Crippen LogP contribution < -0.4 is 14.9 Å². The maximum absolute atomic E-state index is 13.4. The molecule has 0 radical (unpaired) electrons. The standard InChI is InChI=1S/C27H24N2O6/c1-3-32-27(31)19-6-8-20(9-7-19)35-25-17(2)34-26-21(24(25)30)10-11-23-22(26)15-29(16-33-23)14-18-5-4-12-28-13-18/h4-13H,3,14-16H2,1-2H3. The Hall–Kier alpha value is -4.17. The molecule has 8 nitrogen and oxygen atoms in total. The Morgan fingerprint density at radius 3 is 2.71 bits per heavy atom. The van der Waals surface area contributed by atoms with E-state index < -0.39 is 5.97 Å². The number of hydrogen-bond acceptors (Lipinski definition) is 8. The molecule has 4 aromatic rings. The summed E-state index contributed by atoms with van der Waals surface area (Å²) in [4.78, 5) is 31.5. The van der Waals surface area contributed by atoms with Crippen molar-refractivity contribution in [1.29, 1.82) is 0 Å². The number of aromatic nitrogens is 1. The van der Waals surface area contributed by atoms with Crippen LogP contribution in [-0.4, -0.2) is 29.2 Å². The Bertz CT molecular complexity index is 1430. The number of nitrogens with zero attached hydrogens (tertiary/aromatic N) is 2. The number of benzene rings is 2. The Balaban J connectivity index is 1.43. The quantitative estimate of drug-likeness (QED) is 0.369. The second-order valence-electron chi connectivity index (χ2n) is 8.20. The van der Waals surface area contributed by atoms with Crippen molar-refractivity contribution >= 4 is 16.9 Å². The molecule has 0 unspecified atom stereocenters. The summed E-state index contributed by atoms with van der Waals surface area (Å²) >= 11 is 0. The minimum absolute atomic E-state index is 0.102. The largest absolute Gasteiger partial charge is 0.478 e. The van der Waals surface area contributed by atoms with E-state index in [1.165, 1.54) is 0 Å². The first-order valence-corrected chi connectivity index (χ1v) is 11.3. The molecule has 1 aliphatic rings. The van der Waals surface area contributed by atoms with Gasteiger partial charge in [-0.05, 0) is 61.9 Å². The normalized spacial score (nSPS) is 13.2. The van der Waals surface area contributed by atoms with E-state index in [-0.39, 0.29) is 11.2 Å². The molecule has 0 saturated heterocycles. The molecule has 178 valence electrons. The van der Waals surface area contributed by atoms with Crippen molar-refractivity contribution in [3.8, 4) is 17.2 Å². The second kappa shape index (κ2) is 9.60. The second-order valence-corrected chi connectivity index (χ2v) is 8.20. The van der Waals surface area contributed by atoms with Crippen LogP contribution in [0, 0.1) is 6.92 Å². The molecule has 2 aromatic heterocycles. The average molecular weight is 472 g/mol. The monoisotopic (exact) mass is 472 g/mol. The summed E-state index contributed by atoms with van der Waals surface area (Å²) in [6.07, 6.45) is 3.57. The average Bonchev–Trinajstić information content (AvgIpc) is 2.87. The summed E-state index contributed by atoms with van der Waals surface area (Å²) in [6, 6.07) is 13.8. The van der Waals surface area contributed by atoms with E-state index in [2.05, 4.69) is 9.88 Å². The van der Waals surface area contributed by atoms with Crippen LogP contribution in [-0.2, 0) is 17.8 Å². The Morgan fingerprint density at radius 2 is 1.97 bits per heavy atom. The van der Waals surface area contributed by atoms with Gasteiger partial charge in [0, 0.05) is 25.5 Å². The smallest absolute Gasteiger partial charge is 0.338 e. The Morgan fingerprint density at radius 1 is 1.14 bits per heavy atom. The van der Waals surface area contributed by atoms with E-state index in [1.54, 1.807) is 56.4 Å². The number of fused-ring (bicyclic) bond motifs is 3. The highest BCUT2D eigenvalue weighted by atomic mass is 16.5. The zero-order valence-corrected chi connectivity index (χ0v) is 19.4. The maximum Gasteiger partial charge on any atom is 0.338 e. The molecule has 0 N–H and O–H groups in total. The molecule has 8 heteroatoms. The summed E-state index contributed by atoms with van der Waals surface area (Å²) in [5.41, 5.74) is 2.52. The van der Waals surface area contributed by atoms with Crippen molar-refractivity contribution in [1.82, 2.24) is 9.88 Å². The summed E-state index contributed by atoms with van der Waals surface area (Å²) in [5, 5.41) is 0.416. The van der Waals surface area contributed by atoms with Crippen LogP contribution in [0.25, 0.3) is 11.0 Å². The molecule has 2 aromatic carbocycles. The number of carbonyl (C=O) groups is 1. The van der Waals surface area contributed by atoms with Gasteiger partial charge in [-0.2, -0.15) is 0 Å². The Labute approximate surface area is 201 Å². The zero-order chi connectivity index (χ0) is 24.4. The first-order chi connectivity index (χ1) is 17.0. The molecule has 0 saturated carbocycles. The number of aryl methyl sites for hydroxylation is 1. The van der Waals surface area contributed by atoms with Gasteiger partial charge in [-0.25, -0.2) is 4.79 Å². The lowest BCUT2D eigenvalue weighted by Crippen LogP contribution is -2.31. The molecule has 35 heavy (non-hydrogen) atoms. The van der Waals surface area contributed by atoms with Crippen molar-refractivity contribution in [2.45, 2.75) is 26.9 Å². The number of rotatable bonds is 6. The first-order valence-electron chi connectivity index (χ1n) is 11.3. The molecular formula is C27H24N2O6. The fourth-order valence-electron chi connectivity index (χ4n) is 4.06. The molecule has 5 rings (SSSR count). The summed E-state index contributed by atoms with van der Waals surface area (Å²) < 4.78 is 22.9. The highest BCUT2D eigenvalue weighted by Gasteiger charge is 2.24. The SMILES string of the molecule is CCOC(=O)c1ccc(Oc2c(C)oc3c4c(ccc3c2=O)OCN(Cc2cccnc2)C4)cc1. The molecule has 0 bridgehead atoms. The zero-order valence-electron chi connectivity index (χ0n) is 19.4. The highest BCUT2D eigenvalue weighted by molar-refractivity contribution is 5.89. The van der Waals surface area contributed by atoms with Gasteiger partial charge in [0.25, 0.3) is 0 Å². The van der Waals surface area contributed by atoms with Crippen molar-refractivity contribution in [3.05, 3.63) is 93.6 Å². The third kappa shape index (κ3) is 4.61. The van der Waals surface area contributed by atoms with Crippen LogP contribution in [0.5, 0.6) is 17.2 Å². The van der Waals surface area contributed by atoms with Crippen molar-refractivity contribution in [2.24, 2.45) is 0 Å². The minimum atomic E-state index is -0.412. The molecule has 0 amide bonds. The van der Waals surface area contributed by atoms with Gasteiger partial charge in [-0.15, -0.1) is 0 Å².